The van der Waals surface area contributed by atoms with E-state index in [4.69, 9.17) is 4.74 Å². The second-order valence-corrected chi connectivity index (χ2v) is 8.69. The monoisotopic (exact) mass is 539 g/mol. The first-order valence-electron chi connectivity index (χ1n) is 9.76. The number of nitrogens with zero attached hydrogens (tertiary/aromatic N) is 3. The van der Waals surface area contributed by atoms with Crippen LogP contribution in [0.15, 0.2) is 34.2 Å². The average molecular weight is 539 g/mol. The lowest BCUT2D eigenvalue weighted by molar-refractivity contribution is 0.195. The Balaban J connectivity index is 0.00000420. The molecule has 10 heteroatoms. The number of nitrogens with one attached hydrogen (secondary N) is 2. The van der Waals surface area contributed by atoms with E-state index < -0.39 is 10.0 Å². The Morgan fingerprint density at radius 2 is 1.86 bits per heavy atom. The van der Waals surface area contributed by atoms with Gasteiger partial charge in [0.05, 0.1) is 11.4 Å². The zero-order valence-corrected chi connectivity index (χ0v) is 20.7. The Bertz CT molecular complexity index is 737. The third-order valence-corrected chi connectivity index (χ3v) is 6.62. The van der Waals surface area contributed by atoms with E-state index in [9.17, 15) is 8.42 Å². The molecule has 0 radical (unpaired) electrons. The lowest BCUT2D eigenvalue weighted by Gasteiger charge is -2.32. The molecular formula is C19H34IN5O3S. The summed E-state index contributed by atoms with van der Waals surface area (Å²) in [5, 5.41) is 6.43. The highest BCUT2D eigenvalue weighted by Crippen LogP contribution is 2.22. The molecule has 2 N–H and O–H groups in total. The number of guanidine groups is 1. The van der Waals surface area contributed by atoms with Crippen LogP contribution in [0.4, 0.5) is 0 Å². The second kappa shape index (κ2) is 13.4. The highest BCUT2D eigenvalue weighted by atomic mass is 127. The van der Waals surface area contributed by atoms with Crippen LogP contribution in [-0.2, 0) is 21.3 Å². The molecule has 166 valence electrons. The number of hydrogen-bond acceptors (Lipinski definition) is 5. The summed E-state index contributed by atoms with van der Waals surface area (Å²) >= 11 is 0. The van der Waals surface area contributed by atoms with Gasteiger partial charge in [-0.3, -0.25) is 0 Å². The topological polar surface area (TPSA) is 86.3 Å². The molecule has 29 heavy (non-hydrogen) atoms. The standard InChI is InChI=1S/C19H33N5O3S.HI/c1-4-20-19(21-10-7-15-27-3)22-16-17-8-5-6-9-18(17)28(25,26)24-13-11-23(2)12-14-24;/h5-6,8-9H,4,7,10-16H2,1-3H3,(H2,20,21,22);1H. The summed E-state index contributed by atoms with van der Waals surface area (Å²) in [6.07, 6.45) is 0.870. The van der Waals surface area contributed by atoms with Crippen molar-refractivity contribution in [2.45, 2.75) is 24.8 Å². The van der Waals surface area contributed by atoms with Crippen LogP contribution in [0.25, 0.3) is 0 Å². The molecule has 0 amide bonds. The van der Waals surface area contributed by atoms with E-state index in [0.29, 0.717) is 42.7 Å². The van der Waals surface area contributed by atoms with Crippen LogP contribution in [0.2, 0.25) is 0 Å². The third-order valence-electron chi connectivity index (χ3n) is 4.62. The number of halogens is 1. The third kappa shape index (κ3) is 8.00. The normalized spacial score (nSPS) is 16.3. The molecule has 0 aromatic heterocycles. The van der Waals surface area contributed by atoms with Crippen molar-refractivity contribution in [2.24, 2.45) is 4.99 Å². The lowest BCUT2D eigenvalue weighted by Crippen LogP contribution is -2.47. The predicted molar refractivity (Wildman–Crippen MR) is 127 cm³/mol. The maximum atomic E-state index is 13.1. The zero-order chi connectivity index (χ0) is 20.4. The SMILES string of the molecule is CCNC(=NCc1ccccc1S(=O)(=O)N1CCN(C)CC1)NCCCOC.I. The fourth-order valence-corrected chi connectivity index (χ4v) is 4.62. The second-order valence-electron chi connectivity index (χ2n) is 6.78. The van der Waals surface area contributed by atoms with E-state index in [1.807, 2.05) is 26.1 Å². The summed E-state index contributed by atoms with van der Waals surface area (Å²) in [6, 6.07) is 7.13. The summed E-state index contributed by atoms with van der Waals surface area (Å²) in [6.45, 7) is 6.96. The zero-order valence-electron chi connectivity index (χ0n) is 17.6. The van der Waals surface area contributed by atoms with Crippen molar-refractivity contribution < 1.29 is 13.2 Å². The molecule has 0 saturated carbocycles. The van der Waals surface area contributed by atoms with Gasteiger partial charge in [0, 0.05) is 53.0 Å². The van der Waals surface area contributed by atoms with Crippen LogP contribution in [0.5, 0.6) is 0 Å². The van der Waals surface area contributed by atoms with E-state index in [0.717, 1.165) is 32.6 Å². The Morgan fingerprint density at radius 3 is 2.52 bits per heavy atom. The lowest BCUT2D eigenvalue weighted by atomic mass is 10.2. The molecule has 2 rings (SSSR count). The van der Waals surface area contributed by atoms with Gasteiger partial charge in [-0.1, -0.05) is 18.2 Å². The predicted octanol–water partition coefficient (Wildman–Crippen LogP) is 1.33. The smallest absolute Gasteiger partial charge is 0.243 e. The number of piperazine rings is 1. The van der Waals surface area contributed by atoms with Crippen LogP contribution in [0.3, 0.4) is 0 Å². The van der Waals surface area contributed by atoms with E-state index in [1.165, 1.54) is 0 Å². The van der Waals surface area contributed by atoms with Crippen LogP contribution in [0, 0.1) is 0 Å². The number of ether oxygens (including phenoxy) is 1. The Hall–Kier alpha value is -0.950. The van der Waals surface area contributed by atoms with Gasteiger partial charge in [-0.05, 0) is 32.0 Å². The van der Waals surface area contributed by atoms with Crippen LogP contribution >= 0.6 is 24.0 Å². The molecule has 1 heterocycles. The molecule has 0 spiro atoms. The largest absolute Gasteiger partial charge is 0.385 e. The van der Waals surface area contributed by atoms with Crippen molar-refractivity contribution in [2.75, 3.05) is 60.0 Å². The van der Waals surface area contributed by atoms with Crippen molar-refractivity contribution in [3.05, 3.63) is 29.8 Å². The van der Waals surface area contributed by atoms with Crippen molar-refractivity contribution in [1.82, 2.24) is 19.8 Å². The number of sulfonamides is 1. The van der Waals surface area contributed by atoms with Gasteiger partial charge in [0.2, 0.25) is 10.0 Å². The van der Waals surface area contributed by atoms with Gasteiger partial charge >= 0.3 is 0 Å². The molecule has 1 fully saturated rings. The summed E-state index contributed by atoms with van der Waals surface area (Å²) in [5.41, 5.74) is 0.704. The fourth-order valence-electron chi connectivity index (χ4n) is 2.98. The Kier molecular flexibility index (Phi) is 12.0. The summed E-state index contributed by atoms with van der Waals surface area (Å²) < 4.78 is 32.9. The van der Waals surface area contributed by atoms with Crippen LogP contribution < -0.4 is 10.6 Å². The molecular weight excluding hydrogens is 505 g/mol. The Morgan fingerprint density at radius 1 is 1.17 bits per heavy atom. The fraction of sp³-hybridized carbons (Fsp3) is 0.632. The molecule has 1 aromatic rings. The molecule has 1 saturated heterocycles. The number of methoxy groups -OCH3 is 1. The van der Waals surface area contributed by atoms with E-state index in [2.05, 4.69) is 20.5 Å². The highest BCUT2D eigenvalue weighted by Gasteiger charge is 2.29. The van der Waals surface area contributed by atoms with Gasteiger partial charge in [-0.2, -0.15) is 4.31 Å². The number of rotatable bonds is 9. The van der Waals surface area contributed by atoms with Crippen LogP contribution in [-0.4, -0.2) is 83.6 Å². The van der Waals surface area contributed by atoms with E-state index in [1.54, 1.807) is 23.5 Å². The van der Waals surface area contributed by atoms with Crippen molar-refractivity contribution in [3.63, 3.8) is 0 Å². The quantitative estimate of drug-likeness (QED) is 0.213. The number of likely N-dealkylation sites (N-methyl/N-ethyl adjacent to an activating group) is 1. The van der Waals surface area contributed by atoms with E-state index >= 15 is 0 Å². The molecule has 0 bridgehead atoms. The summed E-state index contributed by atoms with van der Waals surface area (Å²) in [4.78, 5) is 7.06. The molecule has 0 unspecified atom stereocenters. The van der Waals surface area contributed by atoms with Gasteiger partial charge in [0.15, 0.2) is 5.96 Å². The van der Waals surface area contributed by atoms with Gasteiger partial charge in [0.1, 0.15) is 0 Å². The molecule has 8 nitrogen and oxygen atoms in total. The summed E-state index contributed by atoms with van der Waals surface area (Å²) in [5.74, 6) is 0.672. The van der Waals surface area contributed by atoms with Gasteiger partial charge in [-0.15, -0.1) is 24.0 Å². The minimum atomic E-state index is -3.52. The summed E-state index contributed by atoms with van der Waals surface area (Å²) in [7, 11) is 0.166. The minimum Gasteiger partial charge on any atom is -0.385 e. The molecule has 0 aliphatic carbocycles. The molecule has 1 aliphatic heterocycles. The highest BCUT2D eigenvalue weighted by molar-refractivity contribution is 14.0. The molecule has 0 atom stereocenters. The van der Waals surface area contributed by atoms with Crippen LogP contribution in [0.1, 0.15) is 18.9 Å². The number of aliphatic imine (C=N–C) groups is 1. The van der Waals surface area contributed by atoms with E-state index in [-0.39, 0.29) is 24.0 Å². The van der Waals surface area contributed by atoms with Crippen molar-refractivity contribution >= 4 is 40.0 Å². The first kappa shape index (κ1) is 26.1. The average Bonchev–Trinajstić information content (AvgIpc) is 2.70. The maximum Gasteiger partial charge on any atom is 0.243 e. The molecule has 1 aromatic carbocycles. The van der Waals surface area contributed by atoms with Crippen molar-refractivity contribution in [3.8, 4) is 0 Å². The maximum absolute atomic E-state index is 13.1. The van der Waals surface area contributed by atoms with Crippen molar-refractivity contribution in [1.29, 1.82) is 0 Å². The van der Waals surface area contributed by atoms with Gasteiger partial charge in [0.25, 0.3) is 0 Å². The first-order valence-corrected chi connectivity index (χ1v) is 11.2. The molecule has 1 aliphatic rings. The van der Waals surface area contributed by atoms with Gasteiger partial charge in [-0.25, -0.2) is 13.4 Å². The van der Waals surface area contributed by atoms with Gasteiger partial charge < -0.3 is 20.3 Å². The minimum absolute atomic E-state index is 0. The number of hydrogen-bond donors (Lipinski definition) is 2. The Labute approximate surface area is 192 Å². The first-order chi connectivity index (χ1) is 13.5. The number of benzene rings is 1.